The Hall–Kier alpha value is -1.96. The summed E-state index contributed by atoms with van der Waals surface area (Å²) in [5.74, 6) is 0.699. The van der Waals surface area contributed by atoms with Crippen molar-refractivity contribution in [2.75, 3.05) is 37.0 Å². The van der Waals surface area contributed by atoms with Gasteiger partial charge in [0.25, 0.3) is 0 Å². The van der Waals surface area contributed by atoms with Gasteiger partial charge in [0.2, 0.25) is 11.6 Å². The van der Waals surface area contributed by atoms with Crippen molar-refractivity contribution in [3.05, 3.63) is 16.4 Å². The van der Waals surface area contributed by atoms with Gasteiger partial charge in [-0.2, -0.15) is 0 Å². The molecule has 2 heterocycles. The molecule has 8 nitrogen and oxygen atoms in total. The third-order valence-electron chi connectivity index (χ3n) is 3.88. The molecule has 0 spiro atoms. The first-order valence-electron chi connectivity index (χ1n) is 7.64. The van der Waals surface area contributed by atoms with E-state index in [4.69, 9.17) is 4.74 Å². The van der Waals surface area contributed by atoms with Gasteiger partial charge in [0.05, 0.1) is 4.92 Å². The summed E-state index contributed by atoms with van der Waals surface area (Å²) >= 11 is 0. The maximum atomic E-state index is 11.5. The number of piperidine rings is 1. The molecule has 0 bridgehead atoms. The topological polar surface area (TPSA) is 93.4 Å². The van der Waals surface area contributed by atoms with E-state index in [0.717, 1.165) is 32.2 Å². The van der Waals surface area contributed by atoms with Gasteiger partial charge < -0.3 is 15.0 Å². The van der Waals surface area contributed by atoms with E-state index in [1.807, 2.05) is 4.90 Å². The first kappa shape index (κ1) is 16.4. The predicted octanol–water partition coefficient (Wildman–Crippen LogP) is 2.21. The van der Waals surface area contributed by atoms with Crippen molar-refractivity contribution in [3.8, 4) is 0 Å². The molecule has 0 aliphatic carbocycles. The monoisotopic (exact) mass is 309 g/mol. The van der Waals surface area contributed by atoms with Gasteiger partial charge in [-0.15, -0.1) is 0 Å². The third kappa shape index (κ3) is 3.82. The van der Waals surface area contributed by atoms with Gasteiger partial charge in [0.1, 0.15) is 6.33 Å². The fourth-order valence-corrected chi connectivity index (χ4v) is 2.71. The van der Waals surface area contributed by atoms with Crippen LogP contribution >= 0.6 is 0 Å². The Labute approximate surface area is 130 Å². The van der Waals surface area contributed by atoms with Gasteiger partial charge in [0.15, 0.2) is 0 Å². The molecular formula is C14H23N5O3. The maximum Gasteiger partial charge on any atom is 0.353 e. The average Bonchev–Trinajstić information content (AvgIpc) is 2.51. The fraction of sp³-hybridized carbons (Fsp3) is 0.714. The van der Waals surface area contributed by atoms with Crippen molar-refractivity contribution in [1.29, 1.82) is 0 Å². The van der Waals surface area contributed by atoms with Crippen LogP contribution in [0.15, 0.2) is 6.33 Å². The number of ether oxygens (including phenoxy) is 1. The van der Waals surface area contributed by atoms with E-state index < -0.39 is 4.92 Å². The smallest absolute Gasteiger partial charge is 0.353 e. The minimum absolute atomic E-state index is 0.0336. The minimum atomic E-state index is -0.394. The van der Waals surface area contributed by atoms with E-state index in [0.29, 0.717) is 19.0 Å². The summed E-state index contributed by atoms with van der Waals surface area (Å²) in [6.45, 7) is 4.04. The second kappa shape index (κ2) is 7.88. The lowest BCUT2D eigenvalue weighted by molar-refractivity contribution is -0.383. The van der Waals surface area contributed by atoms with Crippen molar-refractivity contribution in [2.45, 2.75) is 38.6 Å². The summed E-state index contributed by atoms with van der Waals surface area (Å²) in [6.07, 6.45) is 5.36. The first-order chi connectivity index (χ1) is 10.6. The second-order valence-corrected chi connectivity index (χ2v) is 5.46. The SMILES string of the molecule is COCCCNc1ncnc(N2CCCCC2C)c1[N+](=O)[O-]. The standard InChI is InChI=1S/C14H23N5O3/c1-11-6-3-4-8-18(11)14-12(19(20)21)13(16-10-17-14)15-7-5-9-22-2/h10-11H,3-9H2,1-2H3,(H,15,16,17). The first-order valence-corrected chi connectivity index (χ1v) is 7.64. The summed E-state index contributed by atoms with van der Waals surface area (Å²) in [7, 11) is 1.63. The molecule has 0 amide bonds. The van der Waals surface area contributed by atoms with Crippen LogP contribution < -0.4 is 10.2 Å². The molecule has 1 N–H and O–H groups in total. The van der Waals surface area contributed by atoms with Crippen LogP contribution in [0.4, 0.5) is 17.3 Å². The van der Waals surface area contributed by atoms with Crippen LogP contribution in [0.5, 0.6) is 0 Å². The van der Waals surface area contributed by atoms with Crippen molar-refractivity contribution < 1.29 is 9.66 Å². The number of nitrogens with zero attached hydrogens (tertiary/aromatic N) is 4. The number of aromatic nitrogens is 2. The van der Waals surface area contributed by atoms with Crippen molar-refractivity contribution in [3.63, 3.8) is 0 Å². The molecule has 22 heavy (non-hydrogen) atoms. The molecule has 1 atom stereocenters. The molecule has 1 aliphatic heterocycles. The molecule has 0 aromatic carbocycles. The molecule has 0 saturated carbocycles. The van der Waals surface area contributed by atoms with Gasteiger partial charge in [-0.25, -0.2) is 9.97 Å². The average molecular weight is 309 g/mol. The number of nitrogens with one attached hydrogen (secondary N) is 1. The van der Waals surface area contributed by atoms with Gasteiger partial charge in [-0.3, -0.25) is 10.1 Å². The zero-order chi connectivity index (χ0) is 15.9. The molecule has 0 radical (unpaired) electrons. The summed E-state index contributed by atoms with van der Waals surface area (Å²) in [5, 5.41) is 14.5. The molecule has 1 aliphatic rings. The molecular weight excluding hydrogens is 286 g/mol. The van der Waals surface area contributed by atoms with E-state index in [1.165, 1.54) is 6.33 Å². The Bertz CT molecular complexity index is 511. The highest BCUT2D eigenvalue weighted by Crippen LogP contribution is 2.34. The lowest BCUT2D eigenvalue weighted by atomic mass is 10.0. The van der Waals surface area contributed by atoms with E-state index >= 15 is 0 Å². The molecule has 1 unspecified atom stereocenters. The highest BCUT2D eigenvalue weighted by Gasteiger charge is 2.30. The fourth-order valence-electron chi connectivity index (χ4n) is 2.71. The number of hydrogen-bond acceptors (Lipinski definition) is 7. The van der Waals surface area contributed by atoms with Crippen LogP contribution in [0.3, 0.4) is 0 Å². The van der Waals surface area contributed by atoms with Crippen LogP contribution in [0, 0.1) is 10.1 Å². The maximum absolute atomic E-state index is 11.5. The highest BCUT2D eigenvalue weighted by atomic mass is 16.6. The second-order valence-electron chi connectivity index (χ2n) is 5.46. The van der Waals surface area contributed by atoms with Crippen LogP contribution in [0.2, 0.25) is 0 Å². The number of methoxy groups -OCH3 is 1. The highest BCUT2D eigenvalue weighted by molar-refractivity contribution is 5.70. The number of hydrogen-bond donors (Lipinski definition) is 1. The van der Waals surface area contributed by atoms with Crippen LogP contribution in [0.25, 0.3) is 0 Å². The zero-order valence-electron chi connectivity index (χ0n) is 13.1. The molecule has 1 fully saturated rings. The molecule has 122 valence electrons. The molecule has 1 aromatic heterocycles. The molecule has 1 aromatic rings. The van der Waals surface area contributed by atoms with Crippen molar-refractivity contribution in [1.82, 2.24) is 9.97 Å². The van der Waals surface area contributed by atoms with E-state index in [-0.39, 0.29) is 17.5 Å². The largest absolute Gasteiger partial charge is 0.385 e. The summed E-state index contributed by atoms with van der Waals surface area (Å²) < 4.78 is 4.98. The normalized spacial score (nSPS) is 18.3. The molecule has 2 rings (SSSR count). The Kier molecular flexibility index (Phi) is 5.88. The number of rotatable bonds is 7. The Morgan fingerprint density at radius 1 is 1.50 bits per heavy atom. The summed E-state index contributed by atoms with van der Waals surface area (Å²) in [4.78, 5) is 21.4. The predicted molar refractivity (Wildman–Crippen MR) is 84.3 cm³/mol. The quantitative estimate of drug-likeness (QED) is 0.469. The number of nitro groups is 1. The van der Waals surface area contributed by atoms with E-state index in [1.54, 1.807) is 7.11 Å². The van der Waals surface area contributed by atoms with Crippen LogP contribution in [-0.2, 0) is 4.74 Å². The third-order valence-corrected chi connectivity index (χ3v) is 3.88. The van der Waals surface area contributed by atoms with Crippen LogP contribution in [0.1, 0.15) is 32.6 Å². The Morgan fingerprint density at radius 2 is 2.32 bits per heavy atom. The lowest BCUT2D eigenvalue weighted by Gasteiger charge is -2.33. The summed E-state index contributed by atoms with van der Waals surface area (Å²) in [5.41, 5.74) is -0.0336. The van der Waals surface area contributed by atoms with Crippen LogP contribution in [-0.4, -0.2) is 47.7 Å². The van der Waals surface area contributed by atoms with Gasteiger partial charge in [0, 0.05) is 32.8 Å². The molecule has 8 heteroatoms. The van der Waals surface area contributed by atoms with Crippen molar-refractivity contribution >= 4 is 17.3 Å². The minimum Gasteiger partial charge on any atom is -0.385 e. The Morgan fingerprint density at radius 3 is 3.00 bits per heavy atom. The van der Waals surface area contributed by atoms with Gasteiger partial charge in [-0.1, -0.05) is 0 Å². The zero-order valence-corrected chi connectivity index (χ0v) is 13.1. The van der Waals surface area contributed by atoms with Gasteiger partial charge >= 0.3 is 5.69 Å². The Balaban J connectivity index is 2.23. The van der Waals surface area contributed by atoms with E-state index in [2.05, 4.69) is 22.2 Å². The van der Waals surface area contributed by atoms with Crippen molar-refractivity contribution in [2.24, 2.45) is 0 Å². The van der Waals surface area contributed by atoms with Gasteiger partial charge in [-0.05, 0) is 32.6 Å². The molecule has 1 saturated heterocycles. The summed E-state index contributed by atoms with van der Waals surface area (Å²) in [6, 6.07) is 0.253. The number of anilines is 2. The lowest BCUT2D eigenvalue weighted by Crippen LogP contribution is -2.38. The van der Waals surface area contributed by atoms with E-state index in [9.17, 15) is 10.1 Å².